The van der Waals surface area contributed by atoms with Gasteiger partial charge in [0.05, 0.1) is 0 Å². The topological polar surface area (TPSA) is 7.76 Å². The van der Waals surface area contributed by atoms with Crippen LogP contribution in [0.4, 0.5) is 0 Å². The van der Waals surface area contributed by atoms with Crippen molar-refractivity contribution in [2.24, 2.45) is 0 Å². The molecule has 0 saturated heterocycles. The Labute approximate surface area is 159 Å². The highest BCUT2D eigenvalue weighted by Gasteiger charge is 1.99. The summed E-state index contributed by atoms with van der Waals surface area (Å²) in [5.41, 5.74) is 2.66. The minimum atomic E-state index is 1.12. The molecule has 2 rings (SSSR count). The molecule has 0 atom stereocenters. The van der Waals surface area contributed by atoms with Crippen molar-refractivity contribution in [2.75, 3.05) is 0 Å². The van der Waals surface area contributed by atoms with Crippen LogP contribution in [-0.2, 0) is 13.1 Å². The van der Waals surface area contributed by atoms with Gasteiger partial charge in [0.2, 0.25) is 0 Å². The van der Waals surface area contributed by atoms with E-state index in [0.29, 0.717) is 0 Å². The van der Waals surface area contributed by atoms with Gasteiger partial charge in [-0.3, -0.25) is 0 Å². The SMILES string of the molecule is Cc1ccc[n+](CCCCC=CC=CCCCC[n+]2cccc(C)c2)c1. The summed E-state index contributed by atoms with van der Waals surface area (Å²) < 4.78 is 4.57. The first-order valence-electron chi connectivity index (χ1n) is 9.97. The van der Waals surface area contributed by atoms with Crippen molar-refractivity contribution in [2.45, 2.75) is 65.5 Å². The standard InChI is InChI=1S/C24H34N2/c1-23-15-13-19-25(21-23)17-11-9-7-5-3-4-6-8-10-12-18-26-20-14-16-24(2)22-26/h3-6,13-16,19-22H,7-12,17-18H2,1-2H3/q+2. The second-order valence-corrected chi connectivity index (χ2v) is 7.09. The van der Waals surface area contributed by atoms with Gasteiger partial charge in [-0.05, 0) is 51.7 Å². The van der Waals surface area contributed by atoms with E-state index >= 15 is 0 Å². The van der Waals surface area contributed by atoms with Gasteiger partial charge in [0.25, 0.3) is 0 Å². The van der Waals surface area contributed by atoms with Crippen LogP contribution in [0.5, 0.6) is 0 Å². The van der Waals surface area contributed by atoms with E-state index in [1.54, 1.807) is 0 Å². The van der Waals surface area contributed by atoms with Gasteiger partial charge >= 0.3 is 0 Å². The Morgan fingerprint density at radius 2 is 1.15 bits per heavy atom. The number of pyridine rings is 2. The van der Waals surface area contributed by atoms with Gasteiger partial charge in [0.15, 0.2) is 24.8 Å². The van der Waals surface area contributed by atoms with Crippen molar-refractivity contribution in [1.29, 1.82) is 0 Å². The fourth-order valence-corrected chi connectivity index (χ4v) is 3.05. The highest BCUT2D eigenvalue weighted by Crippen LogP contribution is 2.00. The normalized spacial score (nSPS) is 11.6. The lowest BCUT2D eigenvalue weighted by Crippen LogP contribution is -2.32. The summed E-state index contributed by atoms with van der Waals surface area (Å²) in [5, 5.41) is 0. The molecule has 0 unspecified atom stereocenters. The fourth-order valence-electron chi connectivity index (χ4n) is 3.05. The number of hydrogen-bond donors (Lipinski definition) is 0. The summed E-state index contributed by atoms with van der Waals surface area (Å²) >= 11 is 0. The van der Waals surface area contributed by atoms with E-state index in [1.807, 2.05) is 0 Å². The molecule has 0 N–H and O–H groups in total. The van der Waals surface area contributed by atoms with Crippen molar-refractivity contribution < 1.29 is 9.13 Å². The van der Waals surface area contributed by atoms with Crippen LogP contribution >= 0.6 is 0 Å². The molecular weight excluding hydrogens is 316 g/mol. The minimum absolute atomic E-state index is 1.12. The maximum Gasteiger partial charge on any atom is 0.171 e. The Morgan fingerprint density at radius 3 is 1.58 bits per heavy atom. The molecule has 138 valence electrons. The lowest BCUT2D eigenvalue weighted by molar-refractivity contribution is -0.697. The van der Waals surface area contributed by atoms with Gasteiger partial charge in [-0.1, -0.05) is 24.3 Å². The molecular formula is C24H34N2+2. The molecule has 2 heterocycles. The van der Waals surface area contributed by atoms with E-state index in [-0.39, 0.29) is 0 Å². The number of hydrogen-bond acceptors (Lipinski definition) is 0. The van der Waals surface area contributed by atoms with E-state index in [0.717, 1.165) is 13.1 Å². The predicted octanol–water partition coefficient (Wildman–Crippen LogP) is 5.03. The molecule has 0 aliphatic heterocycles. The fraction of sp³-hybridized carbons (Fsp3) is 0.417. The van der Waals surface area contributed by atoms with Crippen LogP contribution in [0.2, 0.25) is 0 Å². The maximum absolute atomic E-state index is 2.29. The molecule has 0 aliphatic rings. The summed E-state index contributed by atoms with van der Waals surface area (Å²) in [6.45, 7) is 6.52. The summed E-state index contributed by atoms with van der Waals surface area (Å²) in [6, 6.07) is 8.54. The van der Waals surface area contributed by atoms with Crippen LogP contribution in [0.15, 0.2) is 73.4 Å². The van der Waals surface area contributed by atoms with Crippen LogP contribution in [0, 0.1) is 13.8 Å². The quantitative estimate of drug-likeness (QED) is 0.305. The van der Waals surface area contributed by atoms with Gasteiger partial charge in [-0.15, -0.1) is 0 Å². The van der Waals surface area contributed by atoms with Crippen molar-refractivity contribution in [3.05, 3.63) is 84.5 Å². The largest absolute Gasteiger partial charge is 0.205 e. The molecule has 0 aromatic carbocycles. The van der Waals surface area contributed by atoms with E-state index in [1.165, 1.54) is 49.7 Å². The Hall–Kier alpha value is -2.22. The molecule has 0 bridgehead atoms. The predicted molar refractivity (Wildman–Crippen MR) is 109 cm³/mol. The van der Waals surface area contributed by atoms with Crippen LogP contribution in [0.1, 0.15) is 49.7 Å². The number of rotatable bonds is 11. The monoisotopic (exact) mass is 350 g/mol. The molecule has 2 heteroatoms. The number of unbranched alkanes of at least 4 members (excludes halogenated alkanes) is 4. The third-order valence-corrected chi connectivity index (χ3v) is 4.47. The van der Waals surface area contributed by atoms with Crippen LogP contribution in [0.25, 0.3) is 0 Å². The van der Waals surface area contributed by atoms with Crippen molar-refractivity contribution in [1.82, 2.24) is 0 Å². The number of nitrogens with zero attached hydrogens (tertiary/aromatic N) is 2. The van der Waals surface area contributed by atoms with Gasteiger partial charge in [-0.25, -0.2) is 9.13 Å². The molecule has 0 radical (unpaired) electrons. The van der Waals surface area contributed by atoms with Crippen LogP contribution in [0.3, 0.4) is 0 Å². The van der Waals surface area contributed by atoms with E-state index in [4.69, 9.17) is 0 Å². The summed E-state index contributed by atoms with van der Waals surface area (Å²) in [7, 11) is 0. The molecule has 0 amide bonds. The molecule has 0 fully saturated rings. The zero-order valence-electron chi connectivity index (χ0n) is 16.5. The summed E-state index contributed by atoms with van der Waals surface area (Å²) in [5.74, 6) is 0. The number of allylic oxidation sites excluding steroid dienone is 4. The van der Waals surface area contributed by atoms with E-state index in [9.17, 15) is 0 Å². The average Bonchev–Trinajstić information content (AvgIpc) is 2.63. The van der Waals surface area contributed by atoms with Gasteiger partial charge in [-0.2, -0.15) is 0 Å². The van der Waals surface area contributed by atoms with Crippen molar-refractivity contribution in [3.8, 4) is 0 Å². The Kier molecular flexibility index (Phi) is 9.42. The lowest BCUT2D eigenvalue weighted by atomic mass is 10.2. The van der Waals surface area contributed by atoms with Crippen LogP contribution in [-0.4, -0.2) is 0 Å². The Morgan fingerprint density at radius 1 is 0.692 bits per heavy atom. The van der Waals surface area contributed by atoms with E-state index in [2.05, 4.69) is 96.3 Å². The second-order valence-electron chi connectivity index (χ2n) is 7.09. The smallest absolute Gasteiger partial charge is 0.171 e. The molecule has 0 saturated carbocycles. The zero-order chi connectivity index (χ0) is 18.5. The molecule has 26 heavy (non-hydrogen) atoms. The second kappa shape index (κ2) is 12.2. The highest BCUT2D eigenvalue weighted by molar-refractivity contribution is 5.03. The first-order valence-corrected chi connectivity index (χ1v) is 9.97. The van der Waals surface area contributed by atoms with Crippen molar-refractivity contribution >= 4 is 0 Å². The number of aryl methyl sites for hydroxylation is 4. The Bertz CT molecular complexity index is 639. The molecule has 2 aromatic rings. The molecule has 2 aromatic heterocycles. The summed E-state index contributed by atoms with van der Waals surface area (Å²) in [6.07, 6.45) is 25.0. The minimum Gasteiger partial charge on any atom is -0.205 e. The first kappa shape index (κ1) is 20.1. The van der Waals surface area contributed by atoms with Gasteiger partial charge < -0.3 is 0 Å². The highest BCUT2D eigenvalue weighted by atomic mass is 14.9. The third kappa shape index (κ3) is 8.75. The summed E-state index contributed by atoms with van der Waals surface area (Å²) in [4.78, 5) is 0. The lowest BCUT2D eigenvalue weighted by Gasteiger charge is -1.97. The van der Waals surface area contributed by atoms with Crippen molar-refractivity contribution in [3.63, 3.8) is 0 Å². The number of aromatic nitrogens is 2. The molecule has 0 aliphatic carbocycles. The molecule has 2 nitrogen and oxygen atoms in total. The third-order valence-electron chi connectivity index (χ3n) is 4.47. The maximum atomic E-state index is 2.29. The Balaban J connectivity index is 1.47. The average molecular weight is 351 g/mol. The zero-order valence-corrected chi connectivity index (χ0v) is 16.5. The van der Waals surface area contributed by atoms with E-state index < -0.39 is 0 Å². The van der Waals surface area contributed by atoms with Gasteiger partial charge in [0.1, 0.15) is 13.1 Å². The van der Waals surface area contributed by atoms with Gasteiger partial charge in [0, 0.05) is 36.1 Å². The van der Waals surface area contributed by atoms with Crippen LogP contribution < -0.4 is 9.13 Å². The molecule has 0 spiro atoms. The first-order chi connectivity index (χ1) is 12.7.